The Bertz CT molecular complexity index is 227. The predicted octanol–water partition coefficient (Wildman–Crippen LogP) is 0.751. The van der Waals surface area contributed by atoms with Gasteiger partial charge in [-0.05, 0) is 26.2 Å². The van der Waals surface area contributed by atoms with Gasteiger partial charge in [0.15, 0.2) is 0 Å². The van der Waals surface area contributed by atoms with E-state index in [2.05, 4.69) is 0 Å². The number of carbonyl (C=O) groups is 1. The van der Waals surface area contributed by atoms with E-state index in [1.165, 1.54) is 0 Å². The van der Waals surface area contributed by atoms with Crippen LogP contribution in [0.25, 0.3) is 0 Å². The number of carbonyl (C=O) groups excluding carboxylic acids is 1. The van der Waals surface area contributed by atoms with E-state index in [4.69, 9.17) is 10.5 Å². The Morgan fingerprint density at radius 1 is 1.67 bits per heavy atom. The summed E-state index contributed by atoms with van der Waals surface area (Å²) in [6.45, 7) is 5.28. The number of nitrogens with two attached hydrogens (primary N) is 1. The zero-order chi connectivity index (χ0) is 11.5. The van der Waals surface area contributed by atoms with Gasteiger partial charge in [-0.15, -0.1) is 0 Å². The number of likely N-dealkylation sites (tertiary alicyclic amines) is 1. The molecular formula is C11H22N2O2. The fourth-order valence-corrected chi connectivity index (χ4v) is 1.91. The molecule has 1 rings (SSSR count). The number of hydrogen-bond acceptors (Lipinski definition) is 3. The maximum Gasteiger partial charge on any atom is 0.254 e. The van der Waals surface area contributed by atoms with Crippen molar-refractivity contribution in [1.82, 2.24) is 4.90 Å². The third-order valence-corrected chi connectivity index (χ3v) is 3.32. The van der Waals surface area contributed by atoms with Crippen molar-refractivity contribution in [3.05, 3.63) is 0 Å². The largest absolute Gasteiger partial charge is 0.369 e. The molecule has 15 heavy (non-hydrogen) atoms. The molecule has 4 nitrogen and oxygen atoms in total. The molecule has 1 aliphatic heterocycles. The van der Waals surface area contributed by atoms with E-state index in [-0.39, 0.29) is 11.9 Å². The highest BCUT2D eigenvalue weighted by Crippen LogP contribution is 2.20. The molecule has 4 heteroatoms. The van der Waals surface area contributed by atoms with E-state index < -0.39 is 5.60 Å². The molecule has 0 radical (unpaired) electrons. The van der Waals surface area contributed by atoms with E-state index >= 15 is 0 Å². The van der Waals surface area contributed by atoms with Crippen molar-refractivity contribution < 1.29 is 9.53 Å². The highest BCUT2D eigenvalue weighted by atomic mass is 16.5. The van der Waals surface area contributed by atoms with Gasteiger partial charge in [-0.1, -0.05) is 6.92 Å². The molecule has 1 heterocycles. The molecule has 0 bridgehead atoms. The number of amides is 1. The lowest BCUT2D eigenvalue weighted by Crippen LogP contribution is -2.53. The van der Waals surface area contributed by atoms with E-state index in [0.29, 0.717) is 13.0 Å². The Labute approximate surface area is 91.8 Å². The molecule has 1 aliphatic rings. The van der Waals surface area contributed by atoms with Gasteiger partial charge in [-0.25, -0.2) is 0 Å². The first kappa shape index (κ1) is 12.5. The van der Waals surface area contributed by atoms with Gasteiger partial charge >= 0.3 is 0 Å². The van der Waals surface area contributed by atoms with Crippen LogP contribution in [0.15, 0.2) is 0 Å². The first-order chi connectivity index (χ1) is 7.03. The van der Waals surface area contributed by atoms with Crippen LogP contribution in [0, 0.1) is 0 Å². The summed E-state index contributed by atoms with van der Waals surface area (Å²) in [6.07, 6.45) is 2.70. The van der Waals surface area contributed by atoms with Gasteiger partial charge in [-0.2, -0.15) is 0 Å². The lowest BCUT2D eigenvalue weighted by Gasteiger charge is -2.37. The Hall–Kier alpha value is -0.610. The molecule has 1 fully saturated rings. The third kappa shape index (κ3) is 2.69. The van der Waals surface area contributed by atoms with Gasteiger partial charge in [0.2, 0.25) is 0 Å². The van der Waals surface area contributed by atoms with Crippen LogP contribution < -0.4 is 5.73 Å². The Morgan fingerprint density at radius 2 is 2.33 bits per heavy atom. The monoisotopic (exact) mass is 214 g/mol. The molecule has 88 valence electrons. The van der Waals surface area contributed by atoms with Crippen molar-refractivity contribution in [3.63, 3.8) is 0 Å². The number of hydrogen-bond donors (Lipinski definition) is 1. The molecule has 0 aromatic rings. The smallest absolute Gasteiger partial charge is 0.254 e. The summed E-state index contributed by atoms with van der Waals surface area (Å²) < 4.78 is 5.31. The molecule has 0 aromatic heterocycles. The average molecular weight is 214 g/mol. The van der Waals surface area contributed by atoms with Crippen LogP contribution in [0.1, 0.15) is 33.1 Å². The fourth-order valence-electron chi connectivity index (χ4n) is 1.91. The zero-order valence-electron chi connectivity index (χ0n) is 9.95. The second-order valence-electron chi connectivity index (χ2n) is 4.44. The van der Waals surface area contributed by atoms with Crippen LogP contribution in [-0.4, -0.2) is 42.6 Å². The average Bonchev–Trinajstić information content (AvgIpc) is 2.27. The maximum absolute atomic E-state index is 12.2. The summed E-state index contributed by atoms with van der Waals surface area (Å²) in [6, 6.07) is 0.126. The summed E-state index contributed by atoms with van der Waals surface area (Å²) in [7, 11) is 1.59. The van der Waals surface area contributed by atoms with Gasteiger partial charge in [0.05, 0.1) is 0 Å². The van der Waals surface area contributed by atoms with Crippen LogP contribution in [0.3, 0.4) is 0 Å². The molecule has 1 unspecified atom stereocenters. The normalized spacial score (nSPS) is 26.1. The van der Waals surface area contributed by atoms with E-state index in [0.717, 1.165) is 19.4 Å². The minimum atomic E-state index is -0.683. The number of ether oxygens (including phenoxy) is 1. The molecule has 1 amide bonds. The molecule has 0 aromatic carbocycles. The van der Waals surface area contributed by atoms with Crippen LogP contribution >= 0.6 is 0 Å². The lowest BCUT2D eigenvalue weighted by atomic mass is 9.98. The molecular weight excluding hydrogens is 192 g/mol. The molecule has 2 atom stereocenters. The summed E-state index contributed by atoms with van der Waals surface area (Å²) in [5, 5.41) is 0. The summed E-state index contributed by atoms with van der Waals surface area (Å²) in [5.74, 6) is 0.0719. The van der Waals surface area contributed by atoms with Crippen molar-refractivity contribution in [2.75, 3.05) is 20.2 Å². The predicted molar refractivity (Wildman–Crippen MR) is 59.5 cm³/mol. The maximum atomic E-state index is 12.2. The van der Waals surface area contributed by atoms with Crippen molar-refractivity contribution in [1.29, 1.82) is 0 Å². The first-order valence-electron chi connectivity index (χ1n) is 5.63. The molecule has 1 saturated heterocycles. The molecule has 0 spiro atoms. The highest BCUT2D eigenvalue weighted by Gasteiger charge is 2.36. The van der Waals surface area contributed by atoms with Crippen LogP contribution in [0.5, 0.6) is 0 Å². The van der Waals surface area contributed by atoms with Crippen molar-refractivity contribution in [2.24, 2.45) is 5.73 Å². The lowest BCUT2D eigenvalue weighted by molar-refractivity contribution is -0.154. The van der Waals surface area contributed by atoms with Crippen molar-refractivity contribution in [2.45, 2.75) is 44.8 Å². The van der Waals surface area contributed by atoms with Crippen LogP contribution in [-0.2, 0) is 9.53 Å². The number of rotatable bonds is 3. The number of nitrogens with zero attached hydrogens (tertiary/aromatic N) is 1. The second-order valence-corrected chi connectivity index (χ2v) is 4.44. The van der Waals surface area contributed by atoms with Crippen molar-refractivity contribution in [3.8, 4) is 0 Å². The number of methoxy groups -OCH3 is 1. The number of piperidine rings is 1. The fraction of sp³-hybridized carbons (Fsp3) is 0.909. The Balaban J connectivity index is 2.66. The van der Waals surface area contributed by atoms with Gasteiger partial charge in [0, 0.05) is 26.2 Å². The van der Waals surface area contributed by atoms with Crippen molar-refractivity contribution >= 4 is 5.91 Å². The highest BCUT2D eigenvalue weighted by molar-refractivity contribution is 5.85. The minimum absolute atomic E-state index is 0.0719. The standard InChI is InChI=1S/C11H22N2O2/c1-4-11(2,15-3)10(14)13-7-5-6-9(12)8-13/h9H,4-8,12H2,1-3H3/t9-,11?/m1/s1. The van der Waals surface area contributed by atoms with Gasteiger partial charge in [0.25, 0.3) is 5.91 Å². The van der Waals surface area contributed by atoms with E-state index in [9.17, 15) is 4.79 Å². The third-order valence-electron chi connectivity index (χ3n) is 3.32. The van der Waals surface area contributed by atoms with E-state index in [1.807, 2.05) is 18.7 Å². The molecule has 0 saturated carbocycles. The Morgan fingerprint density at radius 3 is 2.80 bits per heavy atom. The molecule has 2 N–H and O–H groups in total. The summed E-state index contributed by atoms with van der Waals surface area (Å²) in [4.78, 5) is 14.0. The van der Waals surface area contributed by atoms with Gasteiger partial charge < -0.3 is 15.4 Å². The Kier molecular flexibility index (Phi) is 4.11. The molecule has 0 aliphatic carbocycles. The summed E-state index contributed by atoms with van der Waals surface area (Å²) >= 11 is 0. The topological polar surface area (TPSA) is 55.6 Å². The van der Waals surface area contributed by atoms with Gasteiger partial charge in [-0.3, -0.25) is 4.79 Å². The minimum Gasteiger partial charge on any atom is -0.369 e. The summed E-state index contributed by atoms with van der Waals surface area (Å²) in [5.41, 5.74) is 5.17. The second kappa shape index (κ2) is 4.94. The zero-order valence-corrected chi connectivity index (χ0v) is 9.95. The van der Waals surface area contributed by atoms with Crippen LogP contribution in [0.4, 0.5) is 0 Å². The first-order valence-corrected chi connectivity index (χ1v) is 5.63. The quantitative estimate of drug-likeness (QED) is 0.754. The van der Waals surface area contributed by atoms with Gasteiger partial charge in [0.1, 0.15) is 5.60 Å². The SMILES string of the molecule is CCC(C)(OC)C(=O)N1CCC[C@@H](N)C1. The van der Waals surface area contributed by atoms with E-state index in [1.54, 1.807) is 7.11 Å². The van der Waals surface area contributed by atoms with Crippen LogP contribution in [0.2, 0.25) is 0 Å².